The maximum Gasteiger partial charge on any atom is 0.238 e. The van der Waals surface area contributed by atoms with Gasteiger partial charge in [-0.15, -0.1) is 0 Å². The molecule has 3 fully saturated rings. The van der Waals surface area contributed by atoms with E-state index in [4.69, 9.17) is 0 Å². The Morgan fingerprint density at radius 1 is 1.17 bits per heavy atom. The number of fused-ring (bicyclic) bond motifs is 1. The molecule has 23 heavy (non-hydrogen) atoms. The van der Waals surface area contributed by atoms with Crippen molar-refractivity contribution in [3.05, 3.63) is 0 Å². The first-order valence-corrected chi connectivity index (χ1v) is 10.9. The summed E-state index contributed by atoms with van der Waals surface area (Å²) in [5.41, 5.74) is -0.144. The zero-order valence-electron chi connectivity index (χ0n) is 14.8. The van der Waals surface area contributed by atoms with E-state index in [1.54, 1.807) is 0 Å². The van der Waals surface area contributed by atoms with Gasteiger partial charge in [-0.25, -0.2) is 12.7 Å². The van der Waals surface area contributed by atoms with Crippen LogP contribution >= 0.6 is 0 Å². The fraction of sp³-hybridized carbons (Fsp3) is 0.944. The summed E-state index contributed by atoms with van der Waals surface area (Å²) in [4.78, 5) is 12.7. The van der Waals surface area contributed by atoms with E-state index < -0.39 is 10.0 Å². The SMILES string of the molecule is CCCCCCCC(=O)N1C2CC3CCC2(CS1(=O)=O)C3(C)C. The number of rotatable bonds is 6. The highest BCUT2D eigenvalue weighted by Crippen LogP contribution is 2.70. The van der Waals surface area contributed by atoms with Gasteiger partial charge in [-0.2, -0.15) is 0 Å². The number of carbonyl (C=O) groups excluding carboxylic acids is 1. The summed E-state index contributed by atoms with van der Waals surface area (Å²) in [6, 6.07) is -0.0654. The molecule has 3 atom stereocenters. The van der Waals surface area contributed by atoms with Gasteiger partial charge in [0.25, 0.3) is 0 Å². The van der Waals surface area contributed by atoms with Crippen LogP contribution in [0.4, 0.5) is 0 Å². The molecule has 1 heterocycles. The second-order valence-corrected chi connectivity index (χ2v) is 10.3. The largest absolute Gasteiger partial charge is 0.274 e. The molecule has 132 valence electrons. The number of hydrogen-bond acceptors (Lipinski definition) is 3. The van der Waals surface area contributed by atoms with Gasteiger partial charge >= 0.3 is 0 Å². The standard InChI is InChI=1S/C18H31NO3S/c1-4-5-6-7-8-9-16(20)19-15-12-14-10-11-18(15,17(14,2)3)13-23(19,21)22/h14-15H,4-13H2,1-3H3. The summed E-state index contributed by atoms with van der Waals surface area (Å²) in [6.45, 7) is 6.61. The van der Waals surface area contributed by atoms with Crippen LogP contribution < -0.4 is 0 Å². The molecule has 3 rings (SSSR count). The van der Waals surface area contributed by atoms with E-state index >= 15 is 0 Å². The highest BCUT2D eigenvalue weighted by Gasteiger charge is 2.72. The molecular weight excluding hydrogens is 310 g/mol. The first-order chi connectivity index (χ1) is 10.8. The smallest absolute Gasteiger partial charge is 0.238 e. The molecule has 1 saturated heterocycles. The van der Waals surface area contributed by atoms with Gasteiger partial charge in [-0.05, 0) is 37.0 Å². The van der Waals surface area contributed by atoms with Crippen LogP contribution in [0, 0.1) is 16.7 Å². The van der Waals surface area contributed by atoms with Gasteiger partial charge in [0, 0.05) is 11.8 Å². The Balaban J connectivity index is 1.72. The van der Waals surface area contributed by atoms with Crippen LogP contribution in [0.1, 0.15) is 78.6 Å². The molecule has 2 bridgehead atoms. The van der Waals surface area contributed by atoms with Crippen molar-refractivity contribution < 1.29 is 13.2 Å². The fourth-order valence-corrected chi connectivity index (χ4v) is 8.18. The van der Waals surface area contributed by atoms with Crippen molar-refractivity contribution in [2.45, 2.75) is 84.6 Å². The average Bonchev–Trinajstić information content (AvgIpc) is 2.93. The molecule has 1 spiro atoms. The molecule has 3 aliphatic rings. The van der Waals surface area contributed by atoms with Gasteiger partial charge in [0.05, 0.1) is 11.8 Å². The first kappa shape index (κ1) is 17.2. The van der Waals surface area contributed by atoms with Crippen molar-refractivity contribution in [2.24, 2.45) is 16.7 Å². The second-order valence-electron chi connectivity index (χ2n) is 8.47. The highest BCUT2D eigenvalue weighted by atomic mass is 32.2. The van der Waals surface area contributed by atoms with Crippen molar-refractivity contribution in [3.8, 4) is 0 Å². The predicted molar refractivity (Wildman–Crippen MR) is 91.4 cm³/mol. The van der Waals surface area contributed by atoms with Crippen molar-refractivity contribution in [3.63, 3.8) is 0 Å². The Kier molecular flexibility index (Phi) is 4.31. The monoisotopic (exact) mass is 341 g/mol. The van der Waals surface area contributed by atoms with Crippen LogP contribution in [-0.4, -0.2) is 30.4 Å². The number of carbonyl (C=O) groups is 1. The molecule has 3 unspecified atom stereocenters. The van der Waals surface area contributed by atoms with E-state index in [1.807, 2.05) is 0 Å². The van der Waals surface area contributed by atoms with Crippen LogP contribution in [0.2, 0.25) is 0 Å². The lowest BCUT2D eigenvalue weighted by atomic mass is 9.69. The molecule has 1 amide bonds. The number of nitrogens with zero attached hydrogens (tertiary/aromatic N) is 1. The third kappa shape index (κ3) is 2.45. The predicted octanol–water partition coefficient (Wildman–Crippen LogP) is 3.71. The molecule has 0 aromatic rings. The molecule has 0 aromatic carbocycles. The number of amides is 1. The zero-order valence-corrected chi connectivity index (χ0v) is 15.6. The molecular formula is C18H31NO3S. The molecule has 0 radical (unpaired) electrons. The van der Waals surface area contributed by atoms with Crippen LogP contribution in [0.5, 0.6) is 0 Å². The van der Waals surface area contributed by atoms with E-state index in [0.717, 1.165) is 38.5 Å². The lowest BCUT2D eigenvalue weighted by Gasteiger charge is -2.37. The molecule has 1 aliphatic heterocycles. The fourth-order valence-electron chi connectivity index (χ4n) is 5.61. The third-order valence-corrected chi connectivity index (χ3v) is 9.09. The Morgan fingerprint density at radius 2 is 1.87 bits per heavy atom. The number of unbranched alkanes of at least 4 members (excludes halogenated alkanes) is 4. The summed E-state index contributed by atoms with van der Waals surface area (Å²) in [6.07, 6.45) is 8.71. The number of sulfonamides is 1. The zero-order chi connectivity index (χ0) is 16.9. The minimum absolute atomic E-state index is 0.0426. The lowest BCUT2D eigenvalue weighted by Crippen LogP contribution is -2.44. The summed E-state index contributed by atoms with van der Waals surface area (Å²) in [5.74, 6) is 0.616. The highest BCUT2D eigenvalue weighted by molar-refractivity contribution is 7.90. The van der Waals surface area contributed by atoms with Gasteiger partial charge in [0.15, 0.2) is 0 Å². The molecule has 2 saturated carbocycles. The minimum Gasteiger partial charge on any atom is -0.274 e. The molecule has 4 nitrogen and oxygen atoms in total. The van der Waals surface area contributed by atoms with Crippen molar-refractivity contribution in [2.75, 3.05) is 5.75 Å². The quantitative estimate of drug-likeness (QED) is 0.692. The minimum atomic E-state index is -3.42. The van der Waals surface area contributed by atoms with Gasteiger partial charge < -0.3 is 0 Å². The van der Waals surface area contributed by atoms with Crippen molar-refractivity contribution in [1.82, 2.24) is 4.31 Å². The first-order valence-electron chi connectivity index (χ1n) is 9.31. The van der Waals surface area contributed by atoms with Crippen LogP contribution in [0.3, 0.4) is 0 Å². The van der Waals surface area contributed by atoms with E-state index in [2.05, 4.69) is 20.8 Å². The van der Waals surface area contributed by atoms with Gasteiger partial charge in [0.2, 0.25) is 15.9 Å². The van der Waals surface area contributed by atoms with Crippen LogP contribution in [0.15, 0.2) is 0 Å². The van der Waals surface area contributed by atoms with Gasteiger partial charge in [0.1, 0.15) is 0 Å². The molecule has 5 heteroatoms. The Morgan fingerprint density at radius 3 is 2.52 bits per heavy atom. The van der Waals surface area contributed by atoms with Gasteiger partial charge in [-0.1, -0.05) is 46.5 Å². The lowest BCUT2D eigenvalue weighted by molar-refractivity contribution is -0.129. The summed E-state index contributed by atoms with van der Waals surface area (Å²) < 4.78 is 26.8. The van der Waals surface area contributed by atoms with E-state index in [1.165, 1.54) is 17.1 Å². The van der Waals surface area contributed by atoms with Crippen molar-refractivity contribution >= 4 is 15.9 Å². The van der Waals surface area contributed by atoms with Crippen LogP contribution in [0.25, 0.3) is 0 Å². The van der Waals surface area contributed by atoms with E-state index in [0.29, 0.717) is 12.3 Å². The molecule has 2 aliphatic carbocycles. The normalized spacial score (nSPS) is 36.4. The average molecular weight is 342 g/mol. The third-order valence-electron chi connectivity index (χ3n) is 7.15. The molecule has 0 aromatic heterocycles. The number of hydrogen-bond donors (Lipinski definition) is 0. The Bertz CT molecular complexity index is 583. The van der Waals surface area contributed by atoms with Crippen LogP contribution in [-0.2, 0) is 14.8 Å². The van der Waals surface area contributed by atoms with Crippen molar-refractivity contribution in [1.29, 1.82) is 0 Å². The van der Waals surface area contributed by atoms with E-state index in [9.17, 15) is 13.2 Å². The maximum atomic E-state index is 12.7. The summed E-state index contributed by atoms with van der Waals surface area (Å²) in [7, 11) is -3.42. The molecule has 0 N–H and O–H groups in total. The Labute approximate surface area is 141 Å². The summed E-state index contributed by atoms with van der Waals surface area (Å²) in [5, 5.41) is 0. The topological polar surface area (TPSA) is 54.5 Å². The van der Waals surface area contributed by atoms with Gasteiger partial charge in [-0.3, -0.25) is 4.79 Å². The summed E-state index contributed by atoms with van der Waals surface area (Å²) >= 11 is 0. The van der Waals surface area contributed by atoms with E-state index in [-0.39, 0.29) is 28.5 Å². The second kappa shape index (κ2) is 5.75. The maximum absolute atomic E-state index is 12.7. The Hall–Kier alpha value is -0.580.